The van der Waals surface area contributed by atoms with Gasteiger partial charge >= 0.3 is 0 Å². The summed E-state index contributed by atoms with van der Waals surface area (Å²) in [6.07, 6.45) is 2.05. The molecular weight excluding hydrogens is 262 g/mol. The van der Waals surface area contributed by atoms with Gasteiger partial charge in [0.1, 0.15) is 11.4 Å². The maximum Gasteiger partial charge on any atom is 0.124 e. The summed E-state index contributed by atoms with van der Waals surface area (Å²) < 4.78 is 11.3. The largest absolute Gasteiger partial charge is 0.487 e. The minimum atomic E-state index is -0.122. The summed E-state index contributed by atoms with van der Waals surface area (Å²) in [6, 6.07) is 8.72. The Kier molecular flexibility index (Phi) is 4.95. The fraction of sp³-hybridized carbons (Fsp3) is 0.667. The van der Waals surface area contributed by atoms with Gasteiger partial charge in [0.25, 0.3) is 0 Å². The van der Waals surface area contributed by atoms with Gasteiger partial charge in [-0.05, 0) is 31.7 Å². The van der Waals surface area contributed by atoms with E-state index in [1.54, 1.807) is 7.11 Å². The summed E-state index contributed by atoms with van der Waals surface area (Å²) in [5, 5.41) is 3.75. The number of para-hydroxylation sites is 1. The molecule has 3 nitrogen and oxygen atoms in total. The molecule has 0 aromatic heterocycles. The van der Waals surface area contributed by atoms with Crippen LogP contribution in [-0.2, 0) is 4.74 Å². The molecule has 0 spiro atoms. The van der Waals surface area contributed by atoms with Crippen molar-refractivity contribution >= 4 is 0 Å². The Labute approximate surface area is 129 Å². The highest BCUT2D eigenvalue weighted by Gasteiger charge is 2.34. The van der Waals surface area contributed by atoms with E-state index in [1.807, 2.05) is 6.07 Å². The van der Waals surface area contributed by atoms with E-state index in [1.165, 1.54) is 5.56 Å². The number of hydrogen-bond donors (Lipinski definition) is 1. The van der Waals surface area contributed by atoms with Crippen LogP contribution in [0.5, 0.6) is 5.75 Å². The molecule has 0 amide bonds. The van der Waals surface area contributed by atoms with Crippen molar-refractivity contribution in [3.05, 3.63) is 29.8 Å². The third kappa shape index (κ3) is 4.45. The van der Waals surface area contributed by atoms with E-state index in [0.717, 1.165) is 31.7 Å². The van der Waals surface area contributed by atoms with Gasteiger partial charge in [0.05, 0.1) is 0 Å². The highest BCUT2D eigenvalue weighted by molar-refractivity contribution is 5.38. The van der Waals surface area contributed by atoms with Crippen molar-refractivity contribution in [3.63, 3.8) is 0 Å². The summed E-state index contributed by atoms with van der Waals surface area (Å²) in [5.74, 6) is 1.01. The lowest BCUT2D eigenvalue weighted by molar-refractivity contribution is 0.0625. The first-order valence-electron chi connectivity index (χ1n) is 7.83. The fourth-order valence-corrected chi connectivity index (χ4v) is 2.85. The standard InChI is InChI=1S/C18H29NO2/c1-17(2,10-11-20-5)13-19-15-12-18(3,4)21-16-9-7-6-8-14(15)16/h6-9,15,19H,10-13H2,1-5H3. The predicted octanol–water partition coefficient (Wildman–Crippen LogP) is 3.94. The summed E-state index contributed by atoms with van der Waals surface area (Å²) in [7, 11) is 1.76. The number of ether oxygens (including phenoxy) is 2. The highest BCUT2D eigenvalue weighted by atomic mass is 16.5. The lowest BCUT2D eigenvalue weighted by atomic mass is 9.86. The third-order valence-corrected chi connectivity index (χ3v) is 4.19. The molecule has 0 aliphatic carbocycles. The molecular formula is C18H29NO2. The monoisotopic (exact) mass is 291 g/mol. The van der Waals surface area contributed by atoms with Gasteiger partial charge in [-0.15, -0.1) is 0 Å². The number of methoxy groups -OCH3 is 1. The van der Waals surface area contributed by atoms with Crippen molar-refractivity contribution in [2.45, 2.75) is 52.2 Å². The van der Waals surface area contributed by atoms with Crippen LogP contribution in [0, 0.1) is 5.41 Å². The maximum absolute atomic E-state index is 6.09. The zero-order valence-electron chi connectivity index (χ0n) is 14.0. The van der Waals surface area contributed by atoms with E-state index in [2.05, 4.69) is 51.2 Å². The van der Waals surface area contributed by atoms with E-state index in [-0.39, 0.29) is 11.0 Å². The molecule has 1 aliphatic rings. The van der Waals surface area contributed by atoms with Crippen LogP contribution >= 0.6 is 0 Å². The van der Waals surface area contributed by atoms with Crippen molar-refractivity contribution in [1.82, 2.24) is 5.32 Å². The van der Waals surface area contributed by atoms with Gasteiger partial charge in [-0.1, -0.05) is 32.0 Å². The Bertz CT molecular complexity index is 468. The molecule has 1 heterocycles. The van der Waals surface area contributed by atoms with Gasteiger partial charge in [-0.2, -0.15) is 0 Å². The maximum atomic E-state index is 6.09. The van der Waals surface area contributed by atoms with Crippen LogP contribution in [0.1, 0.15) is 52.1 Å². The molecule has 1 N–H and O–H groups in total. The Hall–Kier alpha value is -1.06. The lowest BCUT2D eigenvalue weighted by Crippen LogP contribution is -2.42. The Balaban J connectivity index is 2.06. The molecule has 0 fully saturated rings. The van der Waals surface area contributed by atoms with Crippen molar-refractivity contribution in [1.29, 1.82) is 0 Å². The quantitative estimate of drug-likeness (QED) is 0.861. The van der Waals surface area contributed by atoms with Crippen LogP contribution in [0.3, 0.4) is 0 Å². The molecule has 0 bridgehead atoms. The molecule has 1 unspecified atom stereocenters. The predicted molar refractivity (Wildman–Crippen MR) is 86.8 cm³/mol. The second-order valence-electron chi connectivity index (χ2n) is 7.44. The average molecular weight is 291 g/mol. The number of fused-ring (bicyclic) bond motifs is 1. The van der Waals surface area contributed by atoms with Crippen LogP contribution in [0.4, 0.5) is 0 Å². The van der Waals surface area contributed by atoms with E-state index in [0.29, 0.717) is 6.04 Å². The molecule has 1 atom stereocenters. The smallest absolute Gasteiger partial charge is 0.124 e. The van der Waals surface area contributed by atoms with Crippen LogP contribution in [0.25, 0.3) is 0 Å². The molecule has 2 rings (SSSR count). The number of hydrogen-bond acceptors (Lipinski definition) is 3. The van der Waals surface area contributed by atoms with Crippen molar-refractivity contribution < 1.29 is 9.47 Å². The first-order chi connectivity index (χ1) is 9.83. The molecule has 1 aromatic rings. The van der Waals surface area contributed by atoms with Crippen molar-refractivity contribution in [2.24, 2.45) is 5.41 Å². The molecule has 1 aliphatic heterocycles. The molecule has 0 saturated heterocycles. The van der Waals surface area contributed by atoms with Gasteiger partial charge in [0, 0.05) is 38.3 Å². The molecule has 118 valence electrons. The Morgan fingerprint density at radius 2 is 2.05 bits per heavy atom. The number of rotatable bonds is 6. The first kappa shape index (κ1) is 16.3. The van der Waals surface area contributed by atoms with Gasteiger partial charge < -0.3 is 14.8 Å². The minimum Gasteiger partial charge on any atom is -0.487 e. The second-order valence-corrected chi connectivity index (χ2v) is 7.44. The third-order valence-electron chi connectivity index (χ3n) is 4.19. The molecule has 0 saturated carbocycles. The summed E-state index contributed by atoms with van der Waals surface area (Å²) in [6.45, 7) is 10.7. The Morgan fingerprint density at radius 1 is 1.33 bits per heavy atom. The van der Waals surface area contributed by atoms with E-state index < -0.39 is 0 Å². The second kappa shape index (κ2) is 6.37. The van der Waals surface area contributed by atoms with Gasteiger partial charge in [0.2, 0.25) is 0 Å². The van der Waals surface area contributed by atoms with Crippen LogP contribution < -0.4 is 10.1 Å². The fourth-order valence-electron chi connectivity index (χ4n) is 2.85. The molecule has 3 heteroatoms. The SMILES string of the molecule is COCCC(C)(C)CNC1CC(C)(C)Oc2ccccc21. The lowest BCUT2D eigenvalue weighted by Gasteiger charge is -2.39. The van der Waals surface area contributed by atoms with Gasteiger partial charge in [-0.25, -0.2) is 0 Å². The summed E-state index contributed by atoms with van der Waals surface area (Å²) in [5.41, 5.74) is 1.38. The Morgan fingerprint density at radius 3 is 2.76 bits per heavy atom. The minimum absolute atomic E-state index is 0.122. The van der Waals surface area contributed by atoms with Gasteiger partial charge in [0.15, 0.2) is 0 Å². The average Bonchev–Trinajstić information content (AvgIpc) is 2.41. The zero-order chi connectivity index (χ0) is 15.5. The van der Waals surface area contributed by atoms with Crippen LogP contribution in [0.15, 0.2) is 24.3 Å². The summed E-state index contributed by atoms with van der Waals surface area (Å²) >= 11 is 0. The summed E-state index contributed by atoms with van der Waals surface area (Å²) in [4.78, 5) is 0. The topological polar surface area (TPSA) is 30.5 Å². The van der Waals surface area contributed by atoms with Gasteiger partial charge in [-0.3, -0.25) is 0 Å². The number of nitrogens with one attached hydrogen (secondary N) is 1. The molecule has 0 radical (unpaired) electrons. The first-order valence-corrected chi connectivity index (χ1v) is 7.83. The van der Waals surface area contributed by atoms with Crippen LogP contribution in [0.2, 0.25) is 0 Å². The van der Waals surface area contributed by atoms with Crippen molar-refractivity contribution in [3.8, 4) is 5.75 Å². The molecule has 1 aromatic carbocycles. The normalized spacial score (nSPS) is 20.7. The van der Waals surface area contributed by atoms with Crippen LogP contribution in [-0.4, -0.2) is 25.9 Å². The highest BCUT2D eigenvalue weighted by Crippen LogP contribution is 2.39. The van der Waals surface area contributed by atoms with Crippen molar-refractivity contribution in [2.75, 3.05) is 20.3 Å². The van der Waals surface area contributed by atoms with E-state index in [4.69, 9.17) is 9.47 Å². The van der Waals surface area contributed by atoms with E-state index >= 15 is 0 Å². The molecule has 21 heavy (non-hydrogen) atoms. The zero-order valence-corrected chi connectivity index (χ0v) is 14.0. The van der Waals surface area contributed by atoms with E-state index in [9.17, 15) is 0 Å². The number of benzene rings is 1.